The number of halogens is 1. The molecular weight excluding hydrogens is 352 g/mol. The van der Waals surface area contributed by atoms with Crippen LogP contribution in [0.1, 0.15) is 38.3 Å². The molecule has 0 radical (unpaired) electrons. The van der Waals surface area contributed by atoms with E-state index in [9.17, 15) is 4.79 Å². The average molecular weight is 379 g/mol. The second-order valence-corrected chi connectivity index (χ2v) is 7.74. The molecule has 1 aliphatic rings. The van der Waals surface area contributed by atoms with Crippen molar-refractivity contribution in [3.63, 3.8) is 0 Å². The van der Waals surface area contributed by atoms with E-state index >= 15 is 0 Å². The summed E-state index contributed by atoms with van der Waals surface area (Å²) in [5, 5.41) is 0.667. The third-order valence-corrected chi connectivity index (χ3v) is 5.06. The molecule has 0 spiro atoms. The van der Waals surface area contributed by atoms with Crippen molar-refractivity contribution >= 4 is 34.3 Å². The number of nitrogens with one attached hydrogen (secondary N) is 1. The molecule has 1 aromatic carbocycles. The van der Waals surface area contributed by atoms with E-state index in [2.05, 4.69) is 33.6 Å². The summed E-state index contributed by atoms with van der Waals surface area (Å²) in [5.74, 6) is 0.0721. The molecule has 0 aliphatic carbocycles. The summed E-state index contributed by atoms with van der Waals surface area (Å²) in [7, 11) is 0. The quantitative estimate of drug-likeness (QED) is 0.806. The zero-order chi connectivity index (χ0) is 18.8. The van der Waals surface area contributed by atoms with Gasteiger partial charge in [0.25, 0.3) is 0 Å². The molecule has 6 nitrogen and oxygen atoms in total. The fourth-order valence-corrected chi connectivity index (χ4v) is 3.60. The molecule has 1 N–H and O–H groups in total. The Morgan fingerprint density at radius 2 is 2.19 bits per heavy atom. The van der Waals surface area contributed by atoms with Crippen LogP contribution >= 0.6 is 11.6 Å². The summed E-state index contributed by atoms with van der Waals surface area (Å²) in [6, 6.07) is 4.18. The highest BCUT2D eigenvalue weighted by Gasteiger charge is 2.25. The highest BCUT2D eigenvalue weighted by Crippen LogP contribution is 2.32. The number of anilines is 1. The normalized spacial score (nSPS) is 18.7. The van der Waals surface area contributed by atoms with Gasteiger partial charge in [0.1, 0.15) is 0 Å². The van der Waals surface area contributed by atoms with E-state index < -0.39 is 5.97 Å². The Morgan fingerprint density at radius 1 is 1.42 bits per heavy atom. The predicted octanol–water partition coefficient (Wildman–Crippen LogP) is 3.56. The van der Waals surface area contributed by atoms with E-state index in [-0.39, 0.29) is 11.7 Å². The predicted molar refractivity (Wildman–Crippen MR) is 105 cm³/mol. The van der Waals surface area contributed by atoms with E-state index in [1.165, 1.54) is 0 Å². The molecule has 1 atom stereocenters. The molecule has 1 saturated heterocycles. The fraction of sp³-hybridized carbons (Fsp3) is 0.579. The van der Waals surface area contributed by atoms with E-state index in [4.69, 9.17) is 16.3 Å². The maximum absolute atomic E-state index is 12.1. The fourth-order valence-electron chi connectivity index (χ4n) is 3.33. The third-order valence-electron chi connectivity index (χ3n) is 4.76. The number of imidazole rings is 1. The Morgan fingerprint density at radius 3 is 2.85 bits per heavy atom. The van der Waals surface area contributed by atoms with Crippen LogP contribution < -0.4 is 4.90 Å². The smallest absolute Gasteiger partial charge is 0.374 e. The zero-order valence-electron chi connectivity index (χ0n) is 15.9. The lowest BCUT2D eigenvalue weighted by Crippen LogP contribution is -2.51. The number of benzene rings is 1. The van der Waals surface area contributed by atoms with Gasteiger partial charge in [0.2, 0.25) is 5.82 Å². The number of aromatic nitrogens is 2. The lowest BCUT2D eigenvalue weighted by Gasteiger charge is -2.41. The minimum absolute atomic E-state index is 0.220. The molecule has 2 heterocycles. The van der Waals surface area contributed by atoms with Gasteiger partial charge >= 0.3 is 5.97 Å². The number of hydrogen-bond donors (Lipinski definition) is 1. The van der Waals surface area contributed by atoms with Crippen LogP contribution in [-0.4, -0.2) is 59.7 Å². The van der Waals surface area contributed by atoms with Crippen molar-refractivity contribution < 1.29 is 9.53 Å². The summed E-state index contributed by atoms with van der Waals surface area (Å²) >= 11 is 6.54. The highest BCUT2D eigenvalue weighted by atomic mass is 35.5. The Bertz CT molecular complexity index is 789. The van der Waals surface area contributed by atoms with Crippen molar-refractivity contribution in [1.29, 1.82) is 0 Å². The third kappa shape index (κ3) is 3.96. The first-order valence-corrected chi connectivity index (χ1v) is 9.62. The molecule has 0 bridgehead atoms. The second-order valence-electron chi connectivity index (χ2n) is 7.33. The molecule has 7 heteroatoms. The number of aromatic amines is 1. The number of H-pyrrole nitrogens is 1. The Kier molecular flexibility index (Phi) is 5.73. The number of esters is 1. The molecule has 0 saturated carbocycles. The van der Waals surface area contributed by atoms with Gasteiger partial charge in [-0.2, -0.15) is 0 Å². The first-order chi connectivity index (χ1) is 12.4. The number of rotatable bonds is 5. The monoisotopic (exact) mass is 378 g/mol. The second kappa shape index (κ2) is 7.84. The van der Waals surface area contributed by atoms with Crippen LogP contribution in [0.2, 0.25) is 5.02 Å². The van der Waals surface area contributed by atoms with Crippen LogP contribution in [0.3, 0.4) is 0 Å². The summed E-state index contributed by atoms with van der Waals surface area (Å²) < 4.78 is 5.26. The maximum Gasteiger partial charge on any atom is 0.374 e. The van der Waals surface area contributed by atoms with Gasteiger partial charge in [-0.3, -0.25) is 4.90 Å². The number of fused-ring (bicyclic) bond motifs is 1. The molecule has 1 fully saturated rings. The summed E-state index contributed by atoms with van der Waals surface area (Å²) in [4.78, 5) is 24.3. The highest BCUT2D eigenvalue weighted by molar-refractivity contribution is 6.34. The molecule has 2 aromatic rings. The Labute approximate surface area is 159 Å². The van der Waals surface area contributed by atoms with Gasteiger partial charge in [-0.25, -0.2) is 9.78 Å². The SMILES string of the molecule is CCN1CCN(c2cc3nc(C(=O)OCC(C)C)[nH]c3cc2Cl)C(C)C1. The van der Waals surface area contributed by atoms with Crippen molar-refractivity contribution in [2.45, 2.75) is 33.7 Å². The molecule has 26 heavy (non-hydrogen) atoms. The molecule has 1 aromatic heterocycles. The summed E-state index contributed by atoms with van der Waals surface area (Å²) in [5.41, 5.74) is 2.44. The van der Waals surface area contributed by atoms with Crippen molar-refractivity contribution in [3.8, 4) is 0 Å². The minimum atomic E-state index is -0.433. The number of ether oxygens (including phenoxy) is 1. The molecule has 142 valence electrons. The van der Waals surface area contributed by atoms with Crippen LogP contribution in [0.5, 0.6) is 0 Å². The number of hydrogen-bond acceptors (Lipinski definition) is 5. The van der Waals surface area contributed by atoms with Crippen LogP contribution in [0.25, 0.3) is 11.0 Å². The van der Waals surface area contributed by atoms with E-state index in [0.717, 1.165) is 42.9 Å². The molecule has 1 aliphatic heterocycles. The van der Waals surface area contributed by atoms with Gasteiger partial charge in [0, 0.05) is 25.7 Å². The number of carbonyl (C=O) groups excluding carboxylic acids is 1. The van der Waals surface area contributed by atoms with Crippen molar-refractivity contribution in [3.05, 3.63) is 23.0 Å². The van der Waals surface area contributed by atoms with E-state index in [1.54, 1.807) is 0 Å². The van der Waals surface area contributed by atoms with Gasteiger partial charge in [-0.05, 0) is 31.5 Å². The Hall–Kier alpha value is -1.79. The first kappa shape index (κ1) is 19.0. The summed E-state index contributed by atoms with van der Waals surface area (Å²) in [6.07, 6.45) is 0. The van der Waals surface area contributed by atoms with Gasteiger partial charge in [-0.15, -0.1) is 0 Å². The molecule has 3 rings (SSSR count). The Balaban J connectivity index is 1.84. The van der Waals surface area contributed by atoms with Crippen molar-refractivity contribution in [1.82, 2.24) is 14.9 Å². The van der Waals surface area contributed by atoms with Gasteiger partial charge < -0.3 is 14.6 Å². The van der Waals surface area contributed by atoms with Gasteiger partial charge in [0.05, 0.1) is 28.4 Å². The van der Waals surface area contributed by atoms with Crippen LogP contribution in [0, 0.1) is 5.92 Å². The number of carbonyl (C=O) groups is 1. The standard InChI is InChI=1S/C19H27ClN4O2/c1-5-23-6-7-24(13(4)10-23)17-9-16-15(8-14(17)20)21-18(22-16)19(25)26-11-12(2)3/h8-9,12-13H,5-7,10-11H2,1-4H3,(H,21,22). The van der Waals surface area contributed by atoms with Crippen LogP contribution in [0.15, 0.2) is 12.1 Å². The minimum Gasteiger partial charge on any atom is -0.460 e. The zero-order valence-corrected chi connectivity index (χ0v) is 16.6. The van der Waals surface area contributed by atoms with Crippen molar-refractivity contribution in [2.75, 3.05) is 37.7 Å². The van der Waals surface area contributed by atoms with Crippen LogP contribution in [-0.2, 0) is 4.74 Å². The van der Waals surface area contributed by atoms with Gasteiger partial charge in [0.15, 0.2) is 0 Å². The lowest BCUT2D eigenvalue weighted by atomic mass is 10.1. The van der Waals surface area contributed by atoms with Crippen LogP contribution in [0.4, 0.5) is 5.69 Å². The number of nitrogens with zero attached hydrogens (tertiary/aromatic N) is 3. The van der Waals surface area contributed by atoms with E-state index in [0.29, 0.717) is 17.7 Å². The average Bonchev–Trinajstić information content (AvgIpc) is 3.01. The van der Waals surface area contributed by atoms with Crippen molar-refractivity contribution in [2.24, 2.45) is 5.92 Å². The lowest BCUT2D eigenvalue weighted by molar-refractivity contribution is 0.0446. The molecule has 1 unspecified atom stereocenters. The topological polar surface area (TPSA) is 61.5 Å². The van der Waals surface area contributed by atoms with Gasteiger partial charge in [-0.1, -0.05) is 32.4 Å². The molecular formula is C19H27ClN4O2. The first-order valence-electron chi connectivity index (χ1n) is 9.24. The molecule has 0 amide bonds. The maximum atomic E-state index is 12.1. The summed E-state index contributed by atoms with van der Waals surface area (Å²) in [6.45, 7) is 12.8. The van der Waals surface area contributed by atoms with E-state index in [1.807, 2.05) is 26.0 Å². The number of likely N-dealkylation sites (N-methyl/N-ethyl adjacent to an activating group) is 1. The largest absolute Gasteiger partial charge is 0.460 e. The number of piperazine rings is 1.